The minimum atomic E-state index is 0.0606. The maximum Gasteiger partial charge on any atom is 0.224 e. The van der Waals surface area contributed by atoms with Crippen LogP contribution in [0.4, 0.5) is 0 Å². The number of aryl methyl sites for hydroxylation is 1. The van der Waals surface area contributed by atoms with Crippen molar-refractivity contribution in [2.45, 2.75) is 58.4 Å². The summed E-state index contributed by atoms with van der Waals surface area (Å²) in [7, 11) is 1.64. The maximum atomic E-state index is 12.2. The van der Waals surface area contributed by atoms with Crippen molar-refractivity contribution in [3.05, 3.63) is 95.3 Å². The van der Waals surface area contributed by atoms with Gasteiger partial charge in [0.25, 0.3) is 0 Å². The molecular formula is C31H37N3O2. The number of unbranched alkanes of at least 4 members (excludes halogenated alkanes) is 2. The molecule has 3 aromatic carbocycles. The van der Waals surface area contributed by atoms with Gasteiger partial charge in [-0.3, -0.25) is 4.79 Å². The lowest BCUT2D eigenvalue weighted by molar-refractivity contribution is -0.120. The number of hydrogen-bond acceptors (Lipinski definition) is 3. The second kappa shape index (κ2) is 12.4. The average molecular weight is 484 g/mol. The Labute approximate surface area is 214 Å². The zero-order chi connectivity index (χ0) is 25.3. The van der Waals surface area contributed by atoms with Crippen LogP contribution < -0.4 is 10.1 Å². The number of nitrogens with one attached hydrogen (secondary N) is 1. The number of para-hydroxylation sites is 2. The van der Waals surface area contributed by atoms with Crippen molar-refractivity contribution in [1.82, 2.24) is 14.9 Å². The second-order valence-electron chi connectivity index (χ2n) is 9.68. The van der Waals surface area contributed by atoms with Gasteiger partial charge in [-0.05, 0) is 59.7 Å². The summed E-state index contributed by atoms with van der Waals surface area (Å²) in [5.74, 6) is 2.53. The van der Waals surface area contributed by atoms with Crippen LogP contribution in [0.2, 0.25) is 0 Å². The van der Waals surface area contributed by atoms with Gasteiger partial charge < -0.3 is 14.6 Å². The van der Waals surface area contributed by atoms with E-state index in [0.717, 1.165) is 54.9 Å². The summed E-state index contributed by atoms with van der Waals surface area (Å²) in [4.78, 5) is 17.2. The average Bonchev–Trinajstić information content (AvgIpc) is 3.24. The van der Waals surface area contributed by atoms with Gasteiger partial charge in [-0.15, -0.1) is 0 Å². The summed E-state index contributed by atoms with van der Waals surface area (Å²) >= 11 is 0. The van der Waals surface area contributed by atoms with Gasteiger partial charge in [0.2, 0.25) is 5.91 Å². The maximum absolute atomic E-state index is 12.2. The van der Waals surface area contributed by atoms with Gasteiger partial charge in [0.1, 0.15) is 11.6 Å². The van der Waals surface area contributed by atoms with Crippen LogP contribution in [0.1, 0.15) is 61.5 Å². The predicted octanol–water partition coefficient (Wildman–Crippen LogP) is 6.29. The molecule has 1 amide bonds. The second-order valence-corrected chi connectivity index (χ2v) is 9.68. The molecule has 1 heterocycles. The van der Waals surface area contributed by atoms with E-state index in [-0.39, 0.29) is 5.91 Å². The third kappa shape index (κ3) is 6.75. The number of carbonyl (C=O) groups is 1. The molecule has 0 atom stereocenters. The van der Waals surface area contributed by atoms with Crippen LogP contribution in [0.25, 0.3) is 11.0 Å². The normalized spacial score (nSPS) is 11.2. The number of benzene rings is 3. The molecule has 1 N–H and O–H groups in total. The molecule has 5 heteroatoms. The highest BCUT2D eigenvalue weighted by atomic mass is 16.5. The van der Waals surface area contributed by atoms with E-state index in [0.29, 0.717) is 18.9 Å². The fraction of sp³-hybridized carbons (Fsp3) is 0.355. The molecule has 0 aliphatic rings. The molecule has 36 heavy (non-hydrogen) atoms. The van der Waals surface area contributed by atoms with Gasteiger partial charge >= 0.3 is 0 Å². The van der Waals surface area contributed by atoms with Crippen molar-refractivity contribution in [3.8, 4) is 5.75 Å². The van der Waals surface area contributed by atoms with Crippen molar-refractivity contribution in [3.63, 3.8) is 0 Å². The molecule has 0 aliphatic carbocycles. The first kappa shape index (κ1) is 25.5. The van der Waals surface area contributed by atoms with E-state index in [1.165, 1.54) is 16.6 Å². The first-order chi connectivity index (χ1) is 17.5. The number of imidazole rings is 1. The number of aromatic nitrogens is 2. The van der Waals surface area contributed by atoms with Gasteiger partial charge in [-0.25, -0.2) is 4.98 Å². The van der Waals surface area contributed by atoms with E-state index in [1.807, 2.05) is 24.3 Å². The topological polar surface area (TPSA) is 56.1 Å². The summed E-state index contributed by atoms with van der Waals surface area (Å²) in [5.41, 5.74) is 5.89. The molecule has 0 fully saturated rings. The first-order valence-corrected chi connectivity index (χ1v) is 13.0. The molecule has 4 aromatic rings. The summed E-state index contributed by atoms with van der Waals surface area (Å²) in [5, 5.41) is 3.05. The Hall–Kier alpha value is -3.60. The number of methoxy groups -OCH3 is 1. The Morgan fingerprint density at radius 1 is 0.917 bits per heavy atom. The predicted molar refractivity (Wildman–Crippen MR) is 147 cm³/mol. The summed E-state index contributed by atoms with van der Waals surface area (Å²) in [6, 6.07) is 25.0. The number of fused-ring (bicyclic) bond motifs is 1. The first-order valence-electron chi connectivity index (χ1n) is 13.0. The summed E-state index contributed by atoms with van der Waals surface area (Å²) in [6.07, 6.45) is 4.38. The number of hydrogen-bond donors (Lipinski definition) is 1. The van der Waals surface area contributed by atoms with Crippen molar-refractivity contribution in [2.75, 3.05) is 13.7 Å². The van der Waals surface area contributed by atoms with Gasteiger partial charge in [0.05, 0.1) is 24.6 Å². The Morgan fingerprint density at radius 3 is 2.36 bits per heavy atom. The van der Waals surface area contributed by atoms with Crippen LogP contribution in [-0.2, 0) is 24.2 Å². The number of rotatable bonds is 12. The smallest absolute Gasteiger partial charge is 0.224 e. The lowest BCUT2D eigenvalue weighted by Crippen LogP contribution is -2.26. The van der Waals surface area contributed by atoms with Crippen LogP contribution in [-0.4, -0.2) is 29.1 Å². The van der Waals surface area contributed by atoms with E-state index in [9.17, 15) is 4.79 Å². The molecule has 4 rings (SSSR count). The molecule has 0 spiro atoms. The van der Waals surface area contributed by atoms with Crippen molar-refractivity contribution in [1.29, 1.82) is 0 Å². The third-order valence-corrected chi connectivity index (χ3v) is 6.64. The summed E-state index contributed by atoms with van der Waals surface area (Å²) in [6.45, 7) is 5.98. The Bertz CT molecular complexity index is 1260. The molecule has 0 saturated heterocycles. The lowest BCUT2D eigenvalue weighted by Gasteiger charge is -2.11. The zero-order valence-corrected chi connectivity index (χ0v) is 21.7. The van der Waals surface area contributed by atoms with Crippen LogP contribution in [0, 0.1) is 0 Å². The molecule has 0 unspecified atom stereocenters. The third-order valence-electron chi connectivity index (χ3n) is 6.64. The van der Waals surface area contributed by atoms with Crippen LogP contribution in [0.5, 0.6) is 5.75 Å². The number of amides is 1. The Balaban J connectivity index is 1.27. The molecular weight excluding hydrogens is 446 g/mol. The van der Waals surface area contributed by atoms with E-state index in [1.54, 1.807) is 7.11 Å². The van der Waals surface area contributed by atoms with Crippen molar-refractivity contribution < 1.29 is 9.53 Å². The number of carbonyl (C=O) groups excluding carboxylic acids is 1. The molecule has 0 saturated carbocycles. The highest BCUT2D eigenvalue weighted by Crippen LogP contribution is 2.21. The largest absolute Gasteiger partial charge is 0.497 e. The number of nitrogens with zero attached hydrogens (tertiary/aromatic N) is 2. The van der Waals surface area contributed by atoms with Crippen LogP contribution in [0.3, 0.4) is 0 Å². The highest BCUT2D eigenvalue weighted by molar-refractivity contribution is 5.78. The Kier molecular flexibility index (Phi) is 8.77. The van der Waals surface area contributed by atoms with E-state index < -0.39 is 0 Å². The lowest BCUT2D eigenvalue weighted by atomic mass is 10.0. The molecule has 0 aliphatic heterocycles. The van der Waals surface area contributed by atoms with Crippen LogP contribution in [0.15, 0.2) is 72.8 Å². The van der Waals surface area contributed by atoms with Gasteiger partial charge in [-0.1, -0.05) is 68.8 Å². The van der Waals surface area contributed by atoms with Crippen molar-refractivity contribution in [2.24, 2.45) is 0 Å². The molecule has 1 aromatic heterocycles. The summed E-state index contributed by atoms with van der Waals surface area (Å²) < 4.78 is 7.53. The zero-order valence-electron chi connectivity index (χ0n) is 21.7. The quantitative estimate of drug-likeness (QED) is 0.241. The van der Waals surface area contributed by atoms with Gasteiger partial charge in [0, 0.05) is 19.5 Å². The standard InChI is InChI=1S/C31H37N3O2/c1-23(2)26-16-12-25(13-17-26)22-34-29-10-7-6-9-28(29)33-30(34)11-5-4-8-20-32-31(35)21-24-14-18-27(36-3)19-15-24/h6-7,9-10,12-19,23H,4-5,8,11,20-22H2,1-3H3,(H,32,35). The fourth-order valence-electron chi connectivity index (χ4n) is 4.49. The van der Waals surface area contributed by atoms with Crippen LogP contribution >= 0.6 is 0 Å². The van der Waals surface area contributed by atoms with E-state index in [2.05, 4.69) is 72.3 Å². The molecule has 0 radical (unpaired) electrons. The van der Waals surface area contributed by atoms with E-state index in [4.69, 9.17) is 9.72 Å². The number of ether oxygens (including phenoxy) is 1. The SMILES string of the molecule is COc1ccc(CC(=O)NCCCCCc2nc3ccccc3n2Cc2ccc(C(C)C)cc2)cc1. The molecule has 5 nitrogen and oxygen atoms in total. The van der Waals surface area contributed by atoms with Gasteiger partial charge in [-0.2, -0.15) is 0 Å². The Morgan fingerprint density at radius 2 is 1.64 bits per heavy atom. The highest BCUT2D eigenvalue weighted by Gasteiger charge is 2.11. The molecule has 0 bridgehead atoms. The van der Waals surface area contributed by atoms with E-state index >= 15 is 0 Å². The monoisotopic (exact) mass is 483 g/mol. The minimum absolute atomic E-state index is 0.0606. The fourth-order valence-corrected chi connectivity index (χ4v) is 4.49. The van der Waals surface area contributed by atoms with Crippen molar-refractivity contribution >= 4 is 16.9 Å². The molecule has 188 valence electrons. The van der Waals surface area contributed by atoms with Gasteiger partial charge in [0.15, 0.2) is 0 Å². The minimum Gasteiger partial charge on any atom is -0.497 e.